The molecule has 0 saturated carbocycles. The fourth-order valence-corrected chi connectivity index (χ4v) is 4.17. The van der Waals surface area contributed by atoms with Crippen LogP contribution in [0, 0.1) is 11.6 Å². The number of aromatic nitrogens is 3. The molecule has 0 bridgehead atoms. The molecule has 1 atom stereocenters. The molecule has 3 aromatic rings. The molecule has 0 aliphatic carbocycles. The quantitative estimate of drug-likeness (QED) is 0.541. The van der Waals surface area contributed by atoms with Crippen molar-refractivity contribution in [2.75, 3.05) is 13.1 Å². The van der Waals surface area contributed by atoms with Gasteiger partial charge in [0.15, 0.2) is 5.82 Å². The molecule has 3 heterocycles. The van der Waals surface area contributed by atoms with E-state index in [1.54, 1.807) is 13.0 Å². The molecule has 2 aliphatic rings. The first-order chi connectivity index (χ1) is 15.3. The minimum Gasteiger partial charge on any atom is -0.330 e. The number of fused-ring (bicyclic) bond motifs is 3. The number of alkyl halides is 1. The van der Waals surface area contributed by atoms with Crippen molar-refractivity contribution in [3.05, 3.63) is 74.8 Å². The first kappa shape index (κ1) is 21.0. The Hall–Kier alpha value is -2.91. The van der Waals surface area contributed by atoms with E-state index < -0.39 is 29.8 Å². The van der Waals surface area contributed by atoms with Gasteiger partial charge in [-0.2, -0.15) is 0 Å². The Morgan fingerprint density at radius 2 is 1.78 bits per heavy atom. The van der Waals surface area contributed by atoms with Crippen molar-refractivity contribution in [1.82, 2.24) is 19.7 Å². The van der Waals surface area contributed by atoms with E-state index in [9.17, 15) is 18.0 Å². The van der Waals surface area contributed by atoms with Crippen molar-refractivity contribution in [3.8, 4) is 5.69 Å². The highest BCUT2D eigenvalue weighted by molar-refractivity contribution is 6.45. The normalized spacial score (nSPS) is 17.9. The number of hydrogen-bond acceptors (Lipinski definition) is 4. The van der Waals surface area contributed by atoms with E-state index in [2.05, 4.69) is 15.1 Å². The Kier molecular flexibility index (Phi) is 4.98. The zero-order valence-electron chi connectivity index (χ0n) is 16.5. The average molecular weight is 480 g/mol. The molecule has 164 valence electrons. The number of carbonyl (C=O) groups is 1. The zero-order chi connectivity index (χ0) is 22.7. The Labute approximate surface area is 190 Å². The third-order valence-corrected chi connectivity index (χ3v) is 6.19. The summed E-state index contributed by atoms with van der Waals surface area (Å²) in [4.78, 5) is 22.7. The highest BCUT2D eigenvalue weighted by Gasteiger charge is 2.36. The first-order valence-corrected chi connectivity index (χ1v) is 10.4. The number of benzene rings is 2. The highest BCUT2D eigenvalue weighted by Crippen LogP contribution is 2.38. The molecule has 1 saturated heterocycles. The molecular weight excluding hydrogens is 466 g/mol. The Morgan fingerprint density at radius 1 is 1.09 bits per heavy atom. The number of carbonyl (C=O) groups excluding carboxylic acids is 1. The van der Waals surface area contributed by atoms with Crippen LogP contribution in [0.2, 0.25) is 10.0 Å². The summed E-state index contributed by atoms with van der Waals surface area (Å²) in [7, 11) is 0. The van der Waals surface area contributed by atoms with Crippen LogP contribution in [0.3, 0.4) is 0 Å². The maximum atomic E-state index is 14.7. The van der Waals surface area contributed by atoms with E-state index in [0.29, 0.717) is 5.69 Å². The minimum absolute atomic E-state index is 0.0227. The topological polar surface area (TPSA) is 63.4 Å². The summed E-state index contributed by atoms with van der Waals surface area (Å²) in [5, 5.41) is 4.48. The van der Waals surface area contributed by atoms with Gasteiger partial charge in [-0.05, 0) is 31.2 Å². The van der Waals surface area contributed by atoms with E-state index in [1.165, 1.54) is 21.7 Å². The van der Waals surface area contributed by atoms with Crippen molar-refractivity contribution in [2.24, 2.45) is 4.99 Å². The first-order valence-electron chi connectivity index (χ1n) is 9.67. The van der Waals surface area contributed by atoms with Crippen LogP contribution in [0.1, 0.15) is 40.5 Å². The maximum Gasteiger partial charge on any atom is 0.293 e. The van der Waals surface area contributed by atoms with Crippen molar-refractivity contribution >= 4 is 34.8 Å². The van der Waals surface area contributed by atoms with Gasteiger partial charge >= 0.3 is 0 Å². The lowest BCUT2D eigenvalue weighted by Crippen LogP contribution is -2.51. The molecule has 2 aromatic carbocycles. The molecular formula is C21H14Cl2F3N5O. The van der Waals surface area contributed by atoms with Crippen LogP contribution in [0.4, 0.5) is 13.2 Å². The summed E-state index contributed by atoms with van der Waals surface area (Å²) in [6.07, 6.45) is -1.07. The van der Waals surface area contributed by atoms with Gasteiger partial charge in [-0.25, -0.2) is 22.8 Å². The van der Waals surface area contributed by atoms with Crippen LogP contribution in [-0.4, -0.2) is 50.5 Å². The smallest absolute Gasteiger partial charge is 0.293 e. The summed E-state index contributed by atoms with van der Waals surface area (Å²) in [5.74, 6) is -2.03. The maximum absolute atomic E-state index is 14.7. The van der Waals surface area contributed by atoms with E-state index in [0.717, 1.165) is 12.1 Å². The SMILES string of the molecule is C[C@@H]1N=C(c2c(F)cccc2F)c2c(ccc(Cl)c2Cl)-n2nc(C(=O)N3CC(F)C3)nc21. The lowest BCUT2D eigenvalue weighted by molar-refractivity contribution is 0.0388. The van der Waals surface area contributed by atoms with Crippen LogP contribution in [-0.2, 0) is 0 Å². The molecule has 2 aliphatic heterocycles. The van der Waals surface area contributed by atoms with Gasteiger partial charge in [0.1, 0.15) is 23.8 Å². The Morgan fingerprint density at radius 3 is 2.44 bits per heavy atom. The van der Waals surface area contributed by atoms with Gasteiger partial charge in [0, 0.05) is 5.56 Å². The predicted octanol–water partition coefficient (Wildman–Crippen LogP) is 4.56. The van der Waals surface area contributed by atoms with Crippen molar-refractivity contribution < 1.29 is 18.0 Å². The van der Waals surface area contributed by atoms with Crippen LogP contribution in [0.15, 0.2) is 35.3 Å². The number of likely N-dealkylation sites (tertiary alicyclic amines) is 1. The van der Waals surface area contributed by atoms with Gasteiger partial charge in [-0.1, -0.05) is 29.3 Å². The Bertz CT molecular complexity index is 1280. The lowest BCUT2D eigenvalue weighted by atomic mass is 9.99. The molecule has 1 aromatic heterocycles. The molecule has 32 heavy (non-hydrogen) atoms. The van der Waals surface area contributed by atoms with Crippen molar-refractivity contribution in [1.29, 1.82) is 0 Å². The standard InChI is InChI=1S/C21H14Cl2F3N5O/c1-9-20-28-19(21(32)30-7-10(24)8-30)29-31(20)14-6-5-11(22)17(23)16(14)18(27-9)15-12(25)3-2-4-13(15)26/h2-6,9-10H,7-8H2,1H3/t9-/m0/s1. The van der Waals surface area contributed by atoms with Crippen LogP contribution in [0.25, 0.3) is 5.69 Å². The summed E-state index contributed by atoms with van der Waals surface area (Å²) in [5.41, 5.74) is 0.0595. The number of halogens is 5. The third-order valence-electron chi connectivity index (χ3n) is 5.38. The molecule has 0 spiro atoms. The Balaban J connectivity index is 1.73. The third kappa shape index (κ3) is 3.18. The highest BCUT2D eigenvalue weighted by atomic mass is 35.5. The number of aliphatic imine (C=N–C) groups is 1. The molecule has 1 fully saturated rings. The number of hydrogen-bond donors (Lipinski definition) is 0. The number of rotatable bonds is 2. The second-order valence-corrected chi connectivity index (χ2v) is 8.30. The van der Waals surface area contributed by atoms with Gasteiger partial charge in [0.2, 0.25) is 5.82 Å². The summed E-state index contributed by atoms with van der Waals surface area (Å²) in [6.45, 7) is 1.60. The van der Waals surface area contributed by atoms with Gasteiger partial charge in [-0.3, -0.25) is 9.79 Å². The summed E-state index contributed by atoms with van der Waals surface area (Å²) >= 11 is 12.7. The van der Waals surface area contributed by atoms with Crippen molar-refractivity contribution in [2.45, 2.75) is 19.1 Å². The van der Waals surface area contributed by atoms with Gasteiger partial charge in [0.25, 0.3) is 5.91 Å². The summed E-state index contributed by atoms with van der Waals surface area (Å²) in [6, 6.07) is 5.80. The van der Waals surface area contributed by atoms with Crippen LogP contribution < -0.4 is 0 Å². The molecule has 11 heteroatoms. The fraction of sp³-hybridized carbons (Fsp3) is 0.238. The summed E-state index contributed by atoms with van der Waals surface area (Å²) < 4.78 is 43.9. The van der Waals surface area contributed by atoms with Gasteiger partial charge in [-0.15, -0.1) is 5.10 Å². The molecule has 5 rings (SSSR count). The average Bonchev–Trinajstić information content (AvgIpc) is 3.13. The minimum atomic E-state index is -1.07. The number of nitrogens with zero attached hydrogens (tertiary/aromatic N) is 5. The molecule has 1 amide bonds. The van der Waals surface area contributed by atoms with E-state index in [-0.39, 0.29) is 51.6 Å². The predicted molar refractivity (Wildman–Crippen MR) is 113 cm³/mol. The van der Waals surface area contributed by atoms with Crippen LogP contribution in [0.5, 0.6) is 0 Å². The second kappa shape index (κ2) is 7.60. The molecule has 0 N–H and O–H groups in total. The van der Waals surface area contributed by atoms with E-state index in [4.69, 9.17) is 23.2 Å². The van der Waals surface area contributed by atoms with E-state index in [1.807, 2.05) is 0 Å². The molecule has 0 radical (unpaired) electrons. The van der Waals surface area contributed by atoms with E-state index >= 15 is 0 Å². The second-order valence-electron chi connectivity index (χ2n) is 7.52. The fourth-order valence-electron chi connectivity index (χ4n) is 3.77. The van der Waals surface area contributed by atoms with Gasteiger partial charge < -0.3 is 4.90 Å². The monoisotopic (exact) mass is 479 g/mol. The van der Waals surface area contributed by atoms with Crippen LogP contribution >= 0.6 is 23.2 Å². The zero-order valence-corrected chi connectivity index (χ0v) is 18.0. The lowest BCUT2D eigenvalue weighted by Gasteiger charge is -2.33. The number of amides is 1. The largest absolute Gasteiger partial charge is 0.330 e. The van der Waals surface area contributed by atoms with Crippen molar-refractivity contribution in [3.63, 3.8) is 0 Å². The molecule has 6 nitrogen and oxygen atoms in total. The van der Waals surface area contributed by atoms with Gasteiger partial charge in [0.05, 0.1) is 40.1 Å². The molecule has 0 unspecified atom stereocenters.